The van der Waals surface area contributed by atoms with Crippen molar-refractivity contribution in [1.82, 2.24) is 20.1 Å². The van der Waals surface area contributed by atoms with Crippen LogP contribution in [0.3, 0.4) is 0 Å². The molecular formula is C12H18N4S. The minimum Gasteiger partial charge on any atom is -0.302 e. The van der Waals surface area contributed by atoms with E-state index in [0.29, 0.717) is 18.5 Å². The smallest absolute Gasteiger partial charge is 0.164 e. The molecule has 1 atom stereocenters. The number of thiophene rings is 1. The molecule has 1 N–H and O–H groups in total. The van der Waals surface area contributed by atoms with Gasteiger partial charge in [-0.05, 0) is 17.4 Å². The molecule has 92 valence electrons. The van der Waals surface area contributed by atoms with Crippen molar-refractivity contribution >= 4 is 11.3 Å². The third kappa shape index (κ3) is 3.14. The first-order valence-corrected chi connectivity index (χ1v) is 6.66. The summed E-state index contributed by atoms with van der Waals surface area (Å²) in [6, 6.07) is 4.64. The summed E-state index contributed by atoms with van der Waals surface area (Å²) < 4.78 is 1.73. The Morgan fingerprint density at radius 1 is 1.47 bits per heavy atom. The molecule has 5 heteroatoms. The highest BCUT2D eigenvalue weighted by Gasteiger charge is 2.16. The summed E-state index contributed by atoms with van der Waals surface area (Å²) in [6.07, 6.45) is 1.73. The molecule has 0 bridgehead atoms. The maximum atomic E-state index is 4.27. The summed E-state index contributed by atoms with van der Waals surface area (Å²) in [7, 11) is 1.88. The molecule has 2 aromatic heterocycles. The first kappa shape index (κ1) is 12.3. The van der Waals surface area contributed by atoms with Crippen molar-refractivity contribution in [2.24, 2.45) is 13.0 Å². The van der Waals surface area contributed by atoms with Crippen molar-refractivity contribution in [3.8, 4) is 0 Å². The van der Waals surface area contributed by atoms with Gasteiger partial charge in [0.2, 0.25) is 0 Å². The zero-order valence-corrected chi connectivity index (χ0v) is 11.2. The average molecular weight is 250 g/mol. The number of nitrogens with zero attached hydrogens (tertiary/aromatic N) is 3. The van der Waals surface area contributed by atoms with Gasteiger partial charge in [-0.3, -0.25) is 4.68 Å². The van der Waals surface area contributed by atoms with Gasteiger partial charge in [-0.2, -0.15) is 5.10 Å². The fraction of sp³-hybridized carbons (Fsp3) is 0.500. The van der Waals surface area contributed by atoms with Crippen LogP contribution in [-0.2, 0) is 13.6 Å². The van der Waals surface area contributed by atoms with E-state index in [4.69, 9.17) is 0 Å². The number of aromatic nitrogens is 3. The lowest BCUT2D eigenvalue weighted by molar-refractivity contribution is 0.411. The van der Waals surface area contributed by atoms with Crippen molar-refractivity contribution in [3.63, 3.8) is 0 Å². The molecular weight excluding hydrogens is 232 g/mol. The van der Waals surface area contributed by atoms with E-state index in [0.717, 1.165) is 5.82 Å². The fourth-order valence-electron chi connectivity index (χ4n) is 1.80. The zero-order valence-electron chi connectivity index (χ0n) is 10.4. The average Bonchev–Trinajstić information content (AvgIpc) is 2.90. The summed E-state index contributed by atoms with van der Waals surface area (Å²) in [5.41, 5.74) is 0. The van der Waals surface area contributed by atoms with Crippen LogP contribution in [0.4, 0.5) is 0 Å². The van der Waals surface area contributed by atoms with E-state index in [-0.39, 0.29) is 0 Å². The van der Waals surface area contributed by atoms with Crippen LogP contribution in [0.2, 0.25) is 0 Å². The Bertz CT molecular complexity index is 447. The number of hydrogen-bond donors (Lipinski definition) is 1. The van der Waals surface area contributed by atoms with Gasteiger partial charge in [0.25, 0.3) is 0 Å². The summed E-state index contributed by atoms with van der Waals surface area (Å²) >= 11 is 1.79. The standard InChI is InChI=1S/C12H18N4S/c1-9(2)12(10-5-4-6-17-10)13-7-11-14-8-16(3)15-11/h4-6,8-9,12-13H,7H2,1-3H3. The summed E-state index contributed by atoms with van der Waals surface area (Å²) in [5, 5.41) is 9.91. The van der Waals surface area contributed by atoms with Crippen molar-refractivity contribution in [2.75, 3.05) is 0 Å². The number of rotatable bonds is 5. The van der Waals surface area contributed by atoms with Crippen LogP contribution in [0.1, 0.15) is 30.6 Å². The van der Waals surface area contributed by atoms with E-state index < -0.39 is 0 Å². The van der Waals surface area contributed by atoms with Gasteiger partial charge in [0.1, 0.15) is 6.33 Å². The molecule has 2 aromatic rings. The van der Waals surface area contributed by atoms with Crippen LogP contribution in [0.15, 0.2) is 23.8 Å². The van der Waals surface area contributed by atoms with E-state index in [2.05, 4.69) is 46.8 Å². The van der Waals surface area contributed by atoms with Crippen LogP contribution in [-0.4, -0.2) is 14.8 Å². The topological polar surface area (TPSA) is 42.7 Å². The molecule has 0 aliphatic carbocycles. The normalized spacial score (nSPS) is 13.2. The van der Waals surface area contributed by atoms with Crippen LogP contribution in [0, 0.1) is 5.92 Å². The molecule has 1 unspecified atom stereocenters. The highest BCUT2D eigenvalue weighted by Crippen LogP contribution is 2.25. The molecule has 0 aliphatic heterocycles. The highest BCUT2D eigenvalue weighted by molar-refractivity contribution is 7.10. The third-order valence-electron chi connectivity index (χ3n) is 2.64. The largest absolute Gasteiger partial charge is 0.302 e. The summed E-state index contributed by atoms with van der Waals surface area (Å²) in [5.74, 6) is 1.40. The zero-order chi connectivity index (χ0) is 12.3. The van der Waals surface area contributed by atoms with Crippen molar-refractivity contribution in [3.05, 3.63) is 34.5 Å². The van der Waals surface area contributed by atoms with Crippen molar-refractivity contribution in [2.45, 2.75) is 26.4 Å². The predicted molar refractivity (Wildman–Crippen MR) is 69.7 cm³/mol. The summed E-state index contributed by atoms with van der Waals surface area (Å²) in [6.45, 7) is 5.16. The van der Waals surface area contributed by atoms with Crippen LogP contribution < -0.4 is 5.32 Å². The molecule has 0 spiro atoms. The third-order valence-corrected chi connectivity index (χ3v) is 3.60. The quantitative estimate of drug-likeness (QED) is 0.886. The molecule has 0 radical (unpaired) electrons. The fourth-order valence-corrected chi connectivity index (χ4v) is 2.77. The van der Waals surface area contributed by atoms with Gasteiger partial charge >= 0.3 is 0 Å². The maximum Gasteiger partial charge on any atom is 0.164 e. The Kier molecular flexibility index (Phi) is 3.91. The van der Waals surface area contributed by atoms with Crippen LogP contribution in [0.25, 0.3) is 0 Å². The minimum absolute atomic E-state index is 0.374. The van der Waals surface area contributed by atoms with Crippen molar-refractivity contribution in [1.29, 1.82) is 0 Å². The van der Waals surface area contributed by atoms with E-state index in [1.165, 1.54) is 4.88 Å². The van der Waals surface area contributed by atoms with Gasteiger partial charge in [0, 0.05) is 18.0 Å². The Morgan fingerprint density at radius 3 is 2.82 bits per heavy atom. The van der Waals surface area contributed by atoms with Gasteiger partial charge in [-0.25, -0.2) is 4.98 Å². The first-order chi connectivity index (χ1) is 8.16. The van der Waals surface area contributed by atoms with Gasteiger partial charge < -0.3 is 5.32 Å². The first-order valence-electron chi connectivity index (χ1n) is 5.78. The van der Waals surface area contributed by atoms with E-state index in [1.54, 1.807) is 22.3 Å². The molecule has 17 heavy (non-hydrogen) atoms. The van der Waals surface area contributed by atoms with Gasteiger partial charge in [-0.15, -0.1) is 11.3 Å². The lowest BCUT2D eigenvalue weighted by atomic mass is 10.0. The molecule has 4 nitrogen and oxygen atoms in total. The molecule has 0 amide bonds. The highest BCUT2D eigenvalue weighted by atomic mass is 32.1. The Hall–Kier alpha value is -1.20. The molecule has 0 aliphatic rings. The van der Waals surface area contributed by atoms with Crippen molar-refractivity contribution < 1.29 is 0 Å². The Balaban J connectivity index is 1.99. The van der Waals surface area contributed by atoms with E-state index in [9.17, 15) is 0 Å². The monoisotopic (exact) mass is 250 g/mol. The SMILES string of the molecule is CC(C)C(NCc1ncn(C)n1)c1cccs1. The number of nitrogens with one attached hydrogen (secondary N) is 1. The molecule has 2 heterocycles. The number of hydrogen-bond acceptors (Lipinski definition) is 4. The summed E-state index contributed by atoms with van der Waals surface area (Å²) in [4.78, 5) is 5.59. The molecule has 0 saturated carbocycles. The predicted octanol–water partition coefficient (Wildman–Crippen LogP) is 2.36. The Labute approximate surface area is 106 Å². The Morgan fingerprint density at radius 2 is 2.29 bits per heavy atom. The van der Waals surface area contributed by atoms with Crippen LogP contribution in [0.5, 0.6) is 0 Å². The lowest BCUT2D eigenvalue weighted by Gasteiger charge is -2.20. The number of aryl methyl sites for hydroxylation is 1. The second kappa shape index (κ2) is 5.42. The van der Waals surface area contributed by atoms with Gasteiger partial charge in [-0.1, -0.05) is 19.9 Å². The van der Waals surface area contributed by atoms with Gasteiger partial charge in [0.15, 0.2) is 5.82 Å². The second-order valence-electron chi connectivity index (χ2n) is 4.45. The van der Waals surface area contributed by atoms with E-state index >= 15 is 0 Å². The molecule has 2 rings (SSSR count). The maximum absolute atomic E-state index is 4.27. The van der Waals surface area contributed by atoms with E-state index in [1.807, 2.05) is 7.05 Å². The lowest BCUT2D eigenvalue weighted by Crippen LogP contribution is -2.25. The van der Waals surface area contributed by atoms with Gasteiger partial charge in [0.05, 0.1) is 6.54 Å². The molecule has 0 fully saturated rings. The minimum atomic E-state index is 0.374. The van der Waals surface area contributed by atoms with Crippen LogP contribution >= 0.6 is 11.3 Å². The second-order valence-corrected chi connectivity index (χ2v) is 5.43. The molecule has 0 saturated heterocycles. The molecule has 0 aromatic carbocycles.